The van der Waals surface area contributed by atoms with Gasteiger partial charge in [-0.15, -0.1) is 0 Å². The van der Waals surface area contributed by atoms with Crippen LogP contribution in [0.2, 0.25) is 0 Å². The standard InChI is InChI=1S/C25H26N4O2/c1-3-5-15-31-23-13-11-19(12-14-23)24-21(16-20(17-26)25(30)27-4-2)18-29(28-24)22-9-7-6-8-10-22/h6-14,16,18H,3-5,15H2,1-2H3,(H,27,30)/b20-16+. The van der Waals surface area contributed by atoms with Crippen molar-refractivity contribution >= 4 is 12.0 Å². The van der Waals surface area contributed by atoms with Gasteiger partial charge >= 0.3 is 0 Å². The summed E-state index contributed by atoms with van der Waals surface area (Å²) < 4.78 is 7.50. The lowest BCUT2D eigenvalue weighted by Gasteiger charge is -2.06. The lowest BCUT2D eigenvalue weighted by Crippen LogP contribution is -2.23. The zero-order valence-electron chi connectivity index (χ0n) is 17.8. The molecule has 0 radical (unpaired) electrons. The predicted octanol–water partition coefficient (Wildman–Crippen LogP) is 4.76. The Morgan fingerprint density at radius 3 is 2.55 bits per heavy atom. The topological polar surface area (TPSA) is 79.9 Å². The second-order valence-corrected chi connectivity index (χ2v) is 6.97. The fourth-order valence-corrected chi connectivity index (χ4v) is 3.03. The first kappa shape index (κ1) is 21.8. The summed E-state index contributed by atoms with van der Waals surface area (Å²) in [5, 5.41) is 16.9. The van der Waals surface area contributed by atoms with Gasteiger partial charge in [-0.3, -0.25) is 4.79 Å². The first-order chi connectivity index (χ1) is 15.2. The third-order valence-corrected chi connectivity index (χ3v) is 4.66. The molecule has 1 aromatic heterocycles. The van der Waals surface area contributed by atoms with Crippen LogP contribution in [0.3, 0.4) is 0 Å². The van der Waals surface area contributed by atoms with Gasteiger partial charge in [-0.1, -0.05) is 31.5 Å². The molecule has 6 nitrogen and oxygen atoms in total. The number of amides is 1. The van der Waals surface area contributed by atoms with Crippen molar-refractivity contribution in [1.82, 2.24) is 15.1 Å². The van der Waals surface area contributed by atoms with E-state index in [1.807, 2.05) is 73.8 Å². The number of nitrogens with zero attached hydrogens (tertiary/aromatic N) is 3. The summed E-state index contributed by atoms with van der Waals surface area (Å²) in [4.78, 5) is 12.2. The van der Waals surface area contributed by atoms with Crippen molar-refractivity contribution in [2.45, 2.75) is 26.7 Å². The Balaban J connectivity index is 2.01. The third-order valence-electron chi connectivity index (χ3n) is 4.66. The molecule has 0 aliphatic rings. The smallest absolute Gasteiger partial charge is 0.261 e. The number of aromatic nitrogens is 2. The molecule has 0 atom stereocenters. The average molecular weight is 415 g/mol. The number of likely N-dealkylation sites (N-methyl/N-ethyl adjacent to an activating group) is 1. The van der Waals surface area contributed by atoms with E-state index in [2.05, 4.69) is 12.2 Å². The molecule has 1 heterocycles. The number of unbranched alkanes of at least 4 members (excludes halogenated alkanes) is 1. The number of hydrogen-bond donors (Lipinski definition) is 1. The summed E-state index contributed by atoms with van der Waals surface area (Å²) >= 11 is 0. The van der Waals surface area contributed by atoms with E-state index >= 15 is 0 Å². The Morgan fingerprint density at radius 1 is 1.16 bits per heavy atom. The zero-order valence-corrected chi connectivity index (χ0v) is 17.8. The number of benzene rings is 2. The Bertz CT molecular complexity index is 1080. The van der Waals surface area contributed by atoms with Crippen molar-refractivity contribution in [1.29, 1.82) is 5.26 Å². The van der Waals surface area contributed by atoms with E-state index in [1.165, 1.54) is 0 Å². The van der Waals surface area contributed by atoms with Gasteiger partial charge in [-0.05, 0) is 55.8 Å². The molecule has 31 heavy (non-hydrogen) atoms. The lowest BCUT2D eigenvalue weighted by atomic mass is 10.1. The highest BCUT2D eigenvalue weighted by Gasteiger charge is 2.15. The monoisotopic (exact) mass is 414 g/mol. The molecular weight excluding hydrogens is 388 g/mol. The second-order valence-electron chi connectivity index (χ2n) is 6.97. The molecule has 2 aromatic carbocycles. The summed E-state index contributed by atoms with van der Waals surface area (Å²) in [7, 11) is 0. The van der Waals surface area contributed by atoms with E-state index in [1.54, 1.807) is 10.8 Å². The molecule has 0 aliphatic heterocycles. The van der Waals surface area contributed by atoms with Gasteiger partial charge in [0.2, 0.25) is 0 Å². The van der Waals surface area contributed by atoms with Crippen LogP contribution in [-0.4, -0.2) is 28.8 Å². The first-order valence-corrected chi connectivity index (χ1v) is 10.4. The summed E-state index contributed by atoms with van der Waals surface area (Å²) in [5.74, 6) is 0.403. The molecule has 0 spiro atoms. The van der Waals surface area contributed by atoms with Gasteiger partial charge in [0.25, 0.3) is 5.91 Å². The highest BCUT2D eigenvalue weighted by molar-refractivity contribution is 6.02. The number of nitriles is 1. The fourth-order valence-electron chi connectivity index (χ4n) is 3.03. The molecule has 0 saturated heterocycles. The van der Waals surface area contributed by atoms with Gasteiger partial charge in [-0.25, -0.2) is 4.68 Å². The molecule has 0 saturated carbocycles. The first-order valence-electron chi connectivity index (χ1n) is 10.4. The third kappa shape index (κ3) is 5.61. The minimum atomic E-state index is -0.400. The zero-order chi connectivity index (χ0) is 22.1. The number of rotatable bonds is 9. The summed E-state index contributed by atoms with van der Waals surface area (Å²) in [6.45, 7) is 5.08. The van der Waals surface area contributed by atoms with E-state index < -0.39 is 5.91 Å². The highest BCUT2D eigenvalue weighted by Crippen LogP contribution is 2.27. The molecule has 1 amide bonds. The van der Waals surface area contributed by atoms with Crippen molar-refractivity contribution in [2.75, 3.05) is 13.2 Å². The number of ether oxygens (including phenoxy) is 1. The fraction of sp³-hybridized carbons (Fsp3) is 0.240. The SMILES string of the molecule is CCCCOc1ccc(-c2nn(-c3ccccc3)cc2/C=C(\C#N)C(=O)NCC)cc1. The van der Waals surface area contributed by atoms with E-state index in [-0.39, 0.29) is 5.57 Å². The minimum Gasteiger partial charge on any atom is -0.494 e. The Labute approximate surface area is 182 Å². The van der Waals surface area contributed by atoms with Gasteiger partial charge in [0.15, 0.2) is 0 Å². The molecule has 3 aromatic rings. The van der Waals surface area contributed by atoms with E-state index in [9.17, 15) is 10.1 Å². The van der Waals surface area contributed by atoms with Crippen molar-refractivity contribution < 1.29 is 9.53 Å². The number of carbonyl (C=O) groups excluding carboxylic acids is 1. The maximum atomic E-state index is 12.2. The van der Waals surface area contributed by atoms with E-state index in [0.29, 0.717) is 24.4 Å². The van der Waals surface area contributed by atoms with Crippen LogP contribution in [-0.2, 0) is 4.79 Å². The molecule has 0 fully saturated rings. The summed E-state index contributed by atoms with van der Waals surface area (Å²) in [6, 6.07) is 19.4. The van der Waals surface area contributed by atoms with Crippen molar-refractivity contribution in [2.24, 2.45) is 0 Å². The van der Waals surface area contributed by atoms with Gasteiger partial charge < -0.3 is 10.1 Å². The molecule has 6 heteroatoms. The van der Waals surface area contributed by atoms with Gasteiger partial charge in [0.05, 0.1) is 18.0 Å². The number of carbonyl (C=O) groups is 1. The molecular formula is C25H26N4O2. The number of nitrogens with one attached hydrogen (secondary N) is 1. The maximum absolute atomic E-state index is 12.2. The van der Waals surface area contributed by atoms with Crippen LogP contribution in [0.4, 0.5) is 0 Å². The number of para-hydroxylation sites is 1. The molecule has 0 unspecified atom stereocenters. The van der Waals surface area contributed by atoms with Gasteiger partial charge in [0.1, 0.15) is 17.4 Å². The van der Waals surface area contributed by atoms with Crippen LogP contribution >= 0.6 is 0 Å². The van der Waals surface area contributed by atoms with Crippen molar-refractivity contribution in [3.05, 3.63) is 71.9 Å². The van der Waals surface area contributed by atoms with Gasteiger partial charge in [0, 0.05) is 23.9 Å². The molecule has 158 valence electrons. The molecule has 0 aliphatic carbocycles. The lowest BCUT2D eigenvalue weighted by molar-refractivity contribution is -0.116. The van der Waals surface area contributed by atoms with Crippen LogP contribution in [0.25, 0.3) is 23.0 Å². The van der Waals surface area contributed by atoms with Gasteiger partial charge in [-0.2, -0.15) is 10.4 Å². The van der Waals surface area contributed by atoms with Crippen LogP contribution in [0.1, 0.15) is 32.3 Å². The number of hydrogen-bond acceptors (Lipinski definition) is 4. The van der Waals surface area contributed by atoms with Crippen LogP contribution in [0.15, 0.2) is 66.4 Å². The van der Waals surface area contributed by atoms with Crippen LogP contribution < -0.4 is 10.1 Å². The van der Waals surface area contributed by atoms with Crippen LogP contribution in [0, 0.1) is 11.3 Å². The van der Waals surface area contributed by atoms with E-state index in [0.717, 1.165) is 29.8 Å². The van der Waals surface area contributed by atoms with Crippen molar-refractivity contribution in [3.63, 3.8) is 0 Å². The van der Waals surface area contributed by atoms with E-state index in [4.69, 9.17) is 9.84 Å². The largest absolute Gasteiger partial charge is 0.494 e. The summed E-state index contributed by atoms with van der Waals surface area (Å²) in [5.41, 5.74) is 3.17. The molecule has 3 rings (SSSR count). The maximum Gasteiger partial charge on any atom is 0.261 e. The highest BCUT2D eigenvalue weighted by atomic mass is 16.5. The summed E-state index contributed by atoms with van der Waals surface area (Å²) in [6.07, 6.45) is 5.50. The Hall–Kier alpha value is -3.85. The Morgan fingerprint density at radius 2 is 1.90 bits per heavy atom. The van der Waals surface area contributed by atoms with Crippen LogP contribution in [0.5, 0.6) is 5.75 Å². The Kier molecular flexibility index (Phi) is 7.61. The molecule has 1 N–H and O–H groups in total. The second kappa shape index (κ2) is 10.8. The average Bonchev–Trinajstić information content (AvgIpc) is 3.23. The van der Waals surface area contributed by atoms with Crippen molar-refractivity contribution in [3.8, 4) is 28.8 Å². The minimum absolute atomic E-state index is 0.0373. The predicted molar refractivity (Wildman–Crippen MR) is 122 cm³/mol. The quantitative estimate of drug-likeness (QED) is 0.311. The normalized spacial score (nSPS) is 11.1. The molecule has 0 bridgehead atoms.